The molecule has 0 radical (unpaired) electrons. The first-order valence-electron chi connectivity index (χ1n) is 14.2. The Morgan fingerprint density at radius 1 is 0.972 bits per heavy atom. The van der Waals surface area contributed by atoms with Crippen molar-refractivity contribution in [3.8, 4) is 0 Å². The molecule has 1 atom stereocenters. The van der Waals surface area contributed by atoms with E-state index in [4.69, 9.17) is 5.73 Å². The van der Waals surface area contributed by atoms with Gasteiger partial charge in [0.25, 0.3) is 0 Å². The molecule has 2 saturated carbocycles. The number of aromatic nitrogens is 1. The van der Waals surface area contributed by atoms with Gasteiger partial charge in [-0.3, -0.25) is 4.79 Å². The zero-order valence-electron chi connectivity index (χ0n) is 22.1. The van der Waals surface area contributed by atoms with E-state index < -0.39 is 0 Å². The Bertz CT molecular complexity index is 1180. The lowest BCUT2D eigenvalue weighted by atomic mass is 9.85. The van der Waals surface area contributed by atoms with Gasteiger partial charge in [-0.05, 0) is 75.5 Å². The van der Waals surface area contributed by atoms with E-state index in [1.807, 2.05) is 0 Å². The molecule has 5 rings (SSSR count). The number of aryl methyl sites for hydroxylation is 1. The van der Waals surface area contributed by atoms with Gasteiger partial charge in [0.1, 0.15) is 0 Å². The summed E-state index contributed by atoms with van der Waals surface area (Å²) in [5.74, 6) is 0.943. The second kappa shape index (κ2) is 11.2. The Morgan fingerprint density at radius 3 is 2.47 bits per heavy atom. The third kappa shape index (κ3) is 5.54. The van der Waals surface area contributed by atoms with Crippen LogP contribution in [0.3, 0.4) is 0 Å². The van der Waals surface area contributed by atoms with Crippen molar-refractivity contribution in [3.63, 3.8) is 0 Å². The highest BCUT2D eigenvalue weighted by molar-refractivity contribution is 5.88. The highest BCUT2D eigenvalue weighted by Gasteiger charge is 2.28. The molecule has 2 aromatic carbocycles. The summed E-state index contributed by atoms with van der Waals surface area (Å²) in [5, 5.41) is 4.66. The summed E-state index contributed by atoms with van der Waals surface area (Å²) in [6, 6.07) is 18.1. The Kier molecular flexibility index (Phi) is 7.81. The number of rotatable bonds is 7. The van der Waals surface area contributed by atoms with E-state index in [0.29, 0.717) is 6.42 Å². The van der Waals surface area contributed by atoms with Crippen LogP contribution in [0.4, 0.5) is 0 Å². The van der Waals surface area contributed by atoms with Gasteiger partial charge >= 0.3 is 0 Å². The maximum Gasteiger partial charge on any atom is 0.221 e. The molecule has 1 unspecified atom stereocenters. The van der Waals surface area contributed by atoms with Crippen LogP contribution >= 0.6 is 0 Å². The number of nitrogens with one attached hydrogen (secondary N) is 1. The topological polar surface area (TPSA) is 60.1 Å². The molecule has 2 aliphatic rings. The third-order valence-corrected chi connectivity index (χ3v) is 8.76. The number of hydrogen-bond donors (Lipinski definition) is 2. The monoisotopic (exact) mass is 485 g/mol. The summed E-state index contributed by atoms with van der Waals surface area (Å²) in [4.78, 5) is 13.5. The number of para-hydroxylation sites is 1. The average Bonchev–Trinajstić information content (AvgIpc) is 3.15. The molecule has 1 heterocycles. The van der Waals surface area contributed by atoms with Crippen LogP contribution in [0.2, 0.25) is 0 Å². The molecule has 4 nitrogen and oxygen atoms in total. The van der Waals surface area contributed by atoms with Crippen LogP contribution in [0.1, 0.15) is 92.5 Å². The predicted octanol–water partition coefficient (Wildman–Crippen LogP) is 6.75. The Morgan fingerprint density at radius 2 is 1.72 bits per heavy atom. The molecule has 1 aromatic heterocycles. The second-order valence-electron chi connectivity index (χ2n) is 11.5. The molecule has 0 spiro atoms. The van der Waals surface area contributed by atoms with Crippen LogP contribution in [0.5, 0.6) is 0 Å². The number of fused-ring (bicyclic) bond motifs is 1. The number of amides is 1. The average molecular weight is 486 g/mol. The summed E-state index contributed by atoms with van der Waals surface area (Å²) in [5.41, 5.74) is 12.5. The van der Waals surface area contributed by atoms with Gasteiger partial charge in [0, 0.05) is 47.6 Å². The number of nitrogens with two attached hydrogens (primary N) is 1. The van der Waals surface area contributed by atoms with E-state index in [9.17, 15) is 4.79 Å². The van der Waals surface area contributed by atoms with Gasteiger partial charge in [-0.2, -0.15) is 0 Å². The van der Waals surface area contributed by atoms with Crippen molar-refractivity contribution in [1.82, 2.24) is 9.88 Å². The van der Waals surface area contributed by atoms with E-state index in [2.05, 4.69) is 72.3 Å². The lowest BCUT2D eigenvalue weighted by Crippen LogP contribution is -2.40. The molecule has 0 saturated heterocycles. The molecule has 2 aliphatic carbocycles. The van der Waals surface area contributed by atoms with Gasteiger partial charge in [0.15, 0.2) is 0 Å². The highest BCUT2D eigenvalue weighted by atomic mass is 16.1. The van der Waals surface area contributed by atoms with Crippen molar-refractivity contribution in [2.45, 2.75) is 103 Å². The number of hydrogen-bond acceptors (Lipinski definition) is 2. The molecular weight excluding hydrogens is 442 g/mol. The molecule has 1 amide bonds. The van der Waals surface area contributed by atoms with Crippen LogP contribution in [0.25, 0.3) is 10.9 Å². The van der Waals surface area contributed by atoms with Gasteiger partial charge in [-0.15, -0.1) is 0 Å². The molecule has 192 valence electrons. The first-order valence-corrected chi connectivity index (χ1v) is 14.2. The number of benzene rings is 2. The summed E-state index contributed by atoms with van der Waals surface area (Å²) in [7, 11) is 0. The smallest absolute Gasteiger partial charge is 0.221 e. The summed E-state index contributed by atoms with van der Waals surface area (Å²) in [6.07, 6.45) is 11.2. The maximum absolute atomic E-state index is 13.5. The first-order chi connectivity index (χ1) is 17.5. The van der Waals surface area contributed by atoms with E-state index >= 15 is 0 Å². The minimum Gasteiger partial charge on any atom is -0.353 e. The minimum absolute atomic E-state index is 0.0354. The standard InChI is InChI=1S/C32H43N3O/c1-22-9-8-12-25(19-22)29(20-31(36)34-27-17-15-26(33)16-18-27)32-23(2)35(21-24-10-4-3-5-11-24)30-14-7-6-13-28(30)32/h6-9,12-14,19,24,26-27,29H,3-5,10-11,15-18,20-21,33H2,1-2H3,(H,34,36)/t26-,27-,29?. The number of carbonyl (C=O) groups excluding carboxylic acids is 1. The molecule has 3 N–H and O–H groups in total. The fourth-order valence-electron chi connectivity index (χ4n) is 6.77. The van der Waals surface area contributed by atoms with Crippen LogP contribution in [-0.4, -0.2) is 22.6 Å². The SMILES string of the molecule is Cc1cccc(C(CC(=O)N[C@H]2CC[C@H](N)CC2)c2c(C)n(CC3CCCCC3)c3ccccc23)c1. The lowest BCUT2D eigenvalue weighted by Gasteiger charge is -2.28. The summed E-state index contributed by atoms with van der Waals surface area (Å²) < 4.78 is 2.56. The minimum atomic E-state index is 0.0354. The molecule has 2 fully saturated rings. The van der Waals surface area contributed by atoms with E-state index in [-0.39, 0.29) is 23.9 Å². The van der Waals surface area contributed by atoms with Crippen LogP contribution in [0, 0.1) is 19.8 Å². The van der Waals surface area contributed by atoms with Gasteiger partial charge in [0.05, 0.1) is 0 Å². The number of nitrogens with zero attached hydrogens (tertiary/aromatic N) is 1. The Balaban J connectivity index is 1.50. The van der Waals surface area contributed by atoms with Crippen molar-refractivity contribution < 1.29 is 4.79 Å². The zero-order valence-corrected chi connectivity index (χ0v) is 22.1. The second-order valence-corrected chi connectivity index (χ2v) is 11.5. The maximum atomic E-state index is 13.5. The van der Waals surface area contributed by atoms with Gasteiger partial charge in [0.2, 0.25) is 5.91 Å². The van der Waals surface area contributed by atoms with Gasteiger partial charge < -0.3 is 15.6 Å². The summed E-state index contributed by atoms with van der Waals surface area (Å²) >= 11 is 0. The first kappa shape index (κ1) is 25.1. The molecule has 0 bridgehead atoms. The van der Waals surface area contributed by atoms with E-state index in [1.54, 1.807) is 0 Å². The van der Waals surface area contributed by atoms with Crippen molar-refractivity contribution in [1.29, 1.82) is 0 Å². The molecule has 36 heavy (non-hydrogen) atoms. The third-order valence-electron chi connectivity index (χ3n) is 8.76. The van der Waals surface area contributed by atoms with Gasteiger partial charge in [-0.25, -0.2) is 0 Å². The van der Waals surface area contributed by atoms with Crippen molar-refractivity contribution in [2.75, 3.05) is 0 Å². The van der Waals surface area contributed by atoms with Crippen LogP contribution in [0.15, 0.2) is 48.5 Å². The highest BCUT2D eigenvalue weighted by Crippen LogP contribution is 2.39. The van der Waals surface area contributed by atoms with Crippen LogP contribution < -0.4 is 11.1 Å². The Labute approximate surface area is 216 Å². The normalized spacial score (nSPS) is 22.0. The van der Waals surface area contributed by atoms with Crippen LogP contribution in [-0.2, 0) is 11.3 Å². The van der Waals surface area contributed by atoms with E-state index in [0.717, 1.165) is 38.1 Å². The molecule has 3 aromatic rings. The van der Waals surface area contributed by atoms with E-state index in [1.165, 1.54) is 65.4 Å². The quantitative estimate of drug-likeness (QED) is 0.389. The zero-order chi connectivity index (χ0) is 25.1. The fourth-order valence-corrected chi connectivity index (χ4v) is 6.77. The molecule has 4 heteroatoms. The predicted molar refractivity (Wildman–Crippen MR) is 149 cm³/mol. The Hall–Kier alpha value is -2.59. The van der Waals surface area contributed by atoms with Gasteiger partial charge in [-0.1, -0.05) is 67.3 Å². The largest absolute Gasteiger partial charge is 0.353 e. The van der Waals surface area contributed by atoms with Crippen molar-refractivity contribution >= 4 is 16.8 Å². The summed E-state index contributed by atoms with van der Waals surface area (Å²) in [6.45, 7) is 5.51. The number of carbonyl (C=O) groups is 1. The molecular formula is C32H43N3O. The van der Waals surface area contributed by atoms with Crippen molar-refractivity contribution in [3.05, 3.63) is 70.9 Å². The fraction of sp³-hybridized carbons (Fsp3) is 0.531. The lowest BCUT2D eigenvalue weighted by molar-refractivity contribution is -0.122. The molecule has 0 aliphatic heterocycles. The van der Waals surface area contributed by atoms with Crippen molar-refractivity contribution in [2.24, 2.45) is 11.7 Å².